The number of thiophene rings is 1. The van der Waals surface area contributed by atoms with E-state index in [0.717, 1.165) is 66.9 Å². The van der Waals surface area contributed by atoms with Gasteiger partial charge in [-0.05, 0) is 65.7 Å². The minimum Gasteiger partial charge on any atom is -0.455 e. The molecule has 0 N–H and O–H groups in total. The van der Waals surface area contributed by atoms with Crippen molar-refractivity contribution in [2.45, 2.75) is 0 Å². The zero-order valence-corrected chi connectivity index (χ0v) is 32.2. The van der Waals surface area contributed by atoms with Crippen molar-refractivity contribution in [1.82, 2.24) is 4.57 Å². The molecule has 0 unspecified atom stereocenters. The maximum absolute atomic E-state index is 6.82. The lowest BCUT2D eigenvalue weighted by molar-refractivity contribution is 0.671. The maximum Gasteiger partial charge on any atom is 0.143 e. The second-order valence-corrected chi connectivity index (χ2v) is 15.9. The van der Waals surface area contributed by atoms with E-state index in [1.807, 2.05) is 11.3 Å². The number of anilines is 3. The normalized spacial score (nSPS) is 11.8. The number of rotatable bonds is 6. The number of hydrogen-bond donors (Lipinski definition) is 0. The van der Waals surface area contributed by atoms with Crippen molar-refractivity contribution in [2.75, 3.05) is 4.90 Å². The first-order chi connectivity index (χ1) is 28.8. The predicted molar refractivity (Wildman–Crippen MR) is 247 cm³/mol. The van der Waals surface area contributed by atoms with Gasteiger partial charge < -0.3 is 13.9 Å². The van der Waals surface area contributed by atoms with Crippen molar-refractivity contribution < 1.29 is 4.42 Å². The Morgan fingerprint density at radius 2 is 0.966 bits per heavy atom. The first-order valence-corrected chi connectivity index (χ1v) is 20.5. The summed E-state index contributed by atoms with van der Waals surface area (Å²) in [4.78, 5) is 2.43. The maximum atomic E-state index is 6.82. The van der Waals surface area contributed by atoms with Crippen molar-refractivity contribution in [3.8, 4) is 27.9 Å². The molecule has 0 aliphatic carbocycles. The topological polar surface area (TPSA) is 21.3 Å². The van der Waals surface area contributed by atoms with Crippen LogP contribution in [0.3, 0.4) is 0 Å². The van der Waals surface area contributed by atoms with E-state index in [1.54, 1.807) is 0 Å². The summed E-state index contributed by atoms with van der Waals surface area (Å²) >= 11 is 1.86. The number of benzene rings is 9. The van der Waals surface area contributed by atoms with Gasteiger partial charge in [0.05, 0.1) is 21.4 Å². The van der Waals surface area contributed by atoms with E-state index in [-0.39, 0.29) is 0 Å². The van der Waals surface area contributed by atoms with Crippen LogP contribution in [0.2, 0.25) is 0 Å². The zero-order valence-electron chi connectivity index (χ0n) is 31.3. The molecule has 0 fully saturated rings. The number of para-hydroxylation sites is 4. The lowest BCUT2D eigenvalue weighted by atomic mass is 10.00. The van der Waals surface area contributed by atoms with Crippen LogP contribution in [0, 0.1) is 0 Å². The van der Waals surface area contributed by atoms with E-state index in [0.29, 0.717) is 0 Å². The van der Waals surface area contributed by atoms with E-state index in [9.17, 15) is 0 Å². The highest BCUT2D eigenvalue weighted by Crippen LogP contribution is 2.47. The van der Waals surface area contributed by atoms with E-state index in [1.165, 1.54) is 42.0 Å². The van der Waals surface area contributed by atoms with Gasteiger partial charge in [-0.3, -0.25) is 0 Å². The van der Waals surface area contributed by atoms with Gasteiger partial charge in [-0.1, -0.05) is 152 Å². The largest absolute Gasteiger partial charge is 0.455 e. The molecule has 0 aliphatic heterocycles. The molecule has 272 valence electrons. The number of fused-ring (bicyclic) bond motifs is 9. The standard InChI is InChI=1S/C54H34N2OS/c1-3-14-35(15-4-1)40-20-11-22-45-46-23-12-21-41(53(46)57-52(40)45)36-28-30-38(31-29-36)55(49-26-13-24-47-44-19-8-10-27-51(44)58-54(47)49)39-32-33-43-42-18-7-9-25-48(42)56(50(43)34-39)37-16-5-2-6-17-37/h1-34H. The van der Waals surface area contributed by atoms with Crippen molar-refractivity contribution in [3.63, 3.8) is 0 Å². The van der Waals surface area contributed by atoms with E-state index >= 15 is 0 Å². The number of aromatic nitrogens is 1. The Balaban J connectivity index is 1.05. The van der Waals surface area contributed by atoms with Crippen LogP contribution in [0.25, 0.3) is 91.9 Å². The van der Waals surface area contributed by atoms with Gasteiger partial charge in [-0.2, -0.15) is 0 Å². The van der Waals surface area contributed by atoms with Crippen LogP contribution >= 0.6 is 11.3 Å². The number of nitrogens with zero attached hydrogens (tertiary/aromatic N) is 2. The molecule has 0 aliphatic rings. The SMILES string of the molecule is c1ccc(-c2cccc3c2oc2c(-c4ccc(N(c5ccc6c7ccccc7n(-c7ccccc7)c6c5)c5cccc6c5sc5ccccc56)cc4)cccc23)cc1. The third-order valence-electron chi connectivity index (χ3n) is 11.6. The van der Waals surface area contributed by atoms with Crippen LogP contribution in [-0.2, 0) is 0 Å². The number of hydrogen-bond acceptors (Lipinski definition) is 3. The Kier molecular flexibility index (Phi) is 7.40. The lowest BCUT2D eigenvalue weighted by Gasteiger charge is -2.26. The molecule has 12 rings (SSSR count). The molecular formula is C54H34N2OS. The second-order valence-electron chi connectivity index (χ2n) is 14.9. The third kappa shape index (κ3) is 5.05. The molecular weight excluding hydrogens is 725 g/mol. The van der Waals surface area contributed by atoms with Gasteiger partial charge in [0.1, 0.15) is 11.2 Å². The highest BCUT2D eigenvalue weighted by Gasteiger charge is 2.21. The van der Waals surface area contributed by atoms with Crippen molar-refractivity contribution >= 4 is 92.3 Å². The Labute approximate surface area is 338 Å². The van der Waals surface area contributed by atoms with E-state index < -0.39 is 0 Å². The van der Waals surface area contributed by atoms with Crippen molar-refractivity contribution in [3.05, 3.63) is 206 Å². The Hall–Kier alpha value is -7.40. The Bertz CT molecular complexity index is 3500. The van der Waals surface area contributed by atoms with Gasteiger partial charge in [0.2, 0.25) is 0 Å². The van der Waals surface area contributed by atoms with Crippen LogP contribution in [0.4, 0.5) is 17.1 Å². The van der Waals surface area contributed by atoms with Crippen LogP contribution < -0.4 is 4.90 Å². The van der Waals surface area contributed by atoms with Crippen molar-refractivity contribution in [2.24, 2.45) is 0 Å². The average molecular weight is 759 g/mol. The van der Waals surface area contributed by atoms with Gasteiger partial charge in [0.25, 0.3) is 0 Å². The van der Waals surface area contributed by atoms with Gasteiger partial charge in [0.15, 0.2) is 0 Å². The predicted octanol–water partition coefficient (Wildman–Crippen LogP) is 15.9. The molecule has 3 nitrogen and oxygen atoms in total. The smallest absolute Gasteiger partial charge is 0.143 e. The summed E-state index contributed by atoms with van der Waals surface area (Å²) in [5, 5.41) is 7.27. The van der Waals surface area contributed by atoms with Gasteiger partial charge in [0, 0.05) is 65.2 Å². The fourth-order valence-electron chi connectivity index (χ4n) is 8.97. The molecule has 0 amide bonds. The highest BCUT2D eigenvalue weighted by molar-refractivity contribution is 7.26. The molecule has 0 spiro atoms. The summed E-state index contributed by atoms with van der Waals surface area (Å²) < 4.78 is 11.8. The third-order valence-corrected chi connectivity index (χ3v) is 12.8. The summed E-state index contributed by atoms with van der Waals surface area (Å²) in [7, 11) is 0. The van der Waals surface area contributed by atoms with Crippen LogP contribution in [0.5, 0.6) is 0 Å². The zero-order chi connectivity index (χ0) is 38.2. The molecule has 0 atom stereocenters. The molecule has 9 aromatic carbocycles. The number of furan rings is 1. The quantitative estimate of drug-likeness (QED) is 0.168. The summed E-state index contributed by atoms with van der Waals surface area (Å²) in [6.07, 6.45) is 0. The van der Waals surface area contributed by atoms with Crippen LogP contribution in [0.15, 0.2) is 211 Å². The fraction of sp³-hybridized carbons (Fsp3) is 0. The first-order valence-electron chi connectivity index (χ1n) is 19.7. The van der Waals surface area contributed by atoms with Gasteiger partial charge in [-0.15, -0.1) is 11.3 Å². The molecule has 0 saturated carbocycles. The minimum atomic E-state index is 0.903. The van der Waals surface area contributed by atoms with Crippen molar-refractivity contribution in [1.29, 1.82) is 0 Å². The molecule has 3 aromatic heterocycles. The summed E-state index contributed by atoms with van der Waals surface area (Å²) in [6.45, 7) is 0. The van der Waals surface area contributed by atoms with Gasteiger partial charge in [-0.25, -0.2) is 0 Å². The molecule has 0 bridgehead atoms. The minimum absolute atomic E-state index is 0.903. The average Bonchev–Trinajstić information content (AvgIpc) is 3.97. The highest BCUT2D eigenvalue weighted by atomic mass is 32.1. The molecule has 0 radical (unpaired) electrons. The van der Waals surface area contributed by atoms with Crippen LogP contribution in [-0.4, -0.2) is 4.57 Å². The summed E-state index contributed by atoms with van der Waals surface area (Å²) in [5.41, 5.74) is 13.1. The van der Waals surface area contributed by atoms with Gasteiger partial charge >= 0.3 is 0 Å². The molecule has 4 heteroatoms. The first kappa shape index (κ1) is 32.8. The monoisotopic (exact) mass is 758 g/mol. The molecule has 0 saturated heterocycles. The second kappa shape index (κ2) is 13.1. The van der Waals surface area contributed by atoms with Crippen LogP contribution in [0.1, 0.15) is 0 Å². The Morgan fingerprint density at radius 1 is 0.397 bits per heavy atom. The Morgan fingerprint density at radius 3 is 1.72 bits per heavy atom. The van der Waals surface area contributed by atoms with E-state index in [2.05, 4.69) is 216 Å². The molecule has 3 heterocycles. The van der Waals surface area contributed by atoms with E-state index in [4.69, 9.17) is 4.42 Å². The lowest BCUT2D eigenvalue weighted by Crippen LogP contribution is -2.10. The fourth-order valence-corrected chi connectivity index (χ4v) is 10.2. The summed E-state index contributed by atoms with van der Waals surface area (Å²) in [6, 6.07) is 74.3. The molecule has 12 aromatic rings. The summed E-state index contributed by atoms with van der Waals surface area (Å²) in [5.74, 6) is 0. The molecule has 58 heavy (non-hydrogen) atoms.